The molecule has 4 heteroatoms. The first kappa shape index (κ1) is 36.4. The third-order valence-corrected chi connectivity index (χ3v) is 11.1. The minimum atomic E-state index is -0.657. The maximum atomic E-state index is 11.6. The van der Waals surface area contributed by atoms with E-state index in [4.69, 9.17) is 11.3 Å². The number of benzene rings is 6. The third kappa shape index (κ3) is 7.29. The molecule has 1 N–H and O–H groups in total. The number of rotatable bonds is 8. The Balaban J connectivity index is 1.33. The molecule has 0 spiro atoms. The first-order valence-electron chi connectivity index (χ1n) is 20.4. The third-order valence-electron chi connectivity index (χ3n) is 11.1. The maximum absolute atomic E-state index is 11.6. The van der Waals surface area contributed by atoms with E-state index in [-0.39, 0.29) is 11.2 Å². The Labute approximate surface area is 339 Å². The van der Waals surface area contributed by atoms with Gasteiger partial charge in [-0.05, 0) is 136 Å². The summed E-state index contributed by atoms with van der Waals surface area (Å²) in [6.07, 6.45) is 2.75. The Morgan fingerprint density at radius 2 is 1.44 bits per heavy atom. The molecule has 0 atom stereocenters. The molecule has 0 saturated carbocycles. The number of hydrogen-bond donors (Lipinski definition) is 1. The quantitative estimate of drug-likeness (QED) is 0.168. The molecule has 2 heterocycles. The zero-order valence-corrected chi connectivity index (χ0v) is 34.3. The number of pyridine rings is 1. The van der Waals surface area contributed by atoms with Gasteiger partial charge in [0.05, 0.1) is 22.3 Å². The van der Waals surface area contributed by atoms with E-state index in [0.29, 0.717) is 11.4 Å². The van der Waals surface area contributed by atoms with Crippen molar-refractivity contribution in [2.75, 3.05) is 0 Å². The predicted octanol–water partition coefficient (Wildman–Crippen LogP) is 14.1. The minimum Gasteiger partial charge on any atom is -0.507 e. The predicted molar refractivity (Wildman–Crippen MR) is 239 cm³/mol. The number of aryl methyl sites for hydroxylation is 3. The van der Waals surface area contributed by atoms with Crippen LogP contribution in [0.25, 0.3) is 72.7 Å². The van der Waals surface area contributed by atoms with Gasteiger partial charge in [0.2, 0.25) is 0 Å². The van der Waals surface area contributed by atoms with E-state index in [1.54, 1.807) is 0 Å². The van der Waals surface area contributed by atoms with Crippen molar-refractivity contribution in [2.45, 2.75) is 73.1 Å². The van der Waals surface area contributed by atoms with E-state index in [1.807, 2.05) is 57.3 Å². The number of aromatic nitrogens is 3. The van der Waals surface area contributed by atoms with Gasteiger partial charge in [-0.25, -0.2) is 4.98 Å². The highest BCUT2D eigenvalue weighted by atomic mass is 16.3. The van der Waals surface area contributed by atoms with E-state index >= 15 is 0 Å². The van der Waals surface area contributed by atoms with Crippen molar-refractivity contribution in [2.24, 2.45) is 0 Å². The molecule has 0 saturated heterocycles. The first-order chi connectivity index (χ1) is 27.7. The van der Waals surface area contributed by atoms with Crippen molar-refractivity contribution >= 4 is 11.0 Å². The van der Waals surface area contributed by atoms with Crippen molar-refractivity contribution in [1.29, 1.82) is 0 Å². The lowest BCUT2D eigenvalue weighted by atomic mass is 9.83. The van der Waals surface area contributed by atoms with E-state index in [1.165, 1.54) is 22.3 Å². The highest BCUT2D eigenvalue weighted by Gasteiger charge is 2.23. The van der Waals surface area contributed by atoms with Gasteiger partial charge < -0.3 is 5.11 Å². The Morgan fingerprint density at radius 3 is 2.16 bits per heavy atom. The van der Waals surface area contributed by atoms with Gasteiger partial charge in [0.15, 0.2) is 0 Å². The number of para-hydroxylation sites is 1. The van der Waals surface area contributed by atoms with Gasteiger partial charge in [-0.2, -0.15) is 0 Å². The second-order valence-electron chi connectivity index (χ2n) is 16.5. The smallest absolute Gasteiger partial charge is 0.149 e. The molecule has 0 aliphatic rings. The van der Waals surface area contributed by atoms with Crippen LogP contribution < -0.4 is 0 Å². The Morgan fingerprint density at radius 1 is 0.684 bits per heavy atom. The topological polar surface area (TPSA) is 50.9 Å². The van der Waals surface area contributed by atoms with Gasteiger partial charge in [0.1, 0.15) is 11.6 Å². The van der Waals surface area contributed by atoms with Gasteiger partial charge >= 0.3 is 0 Å². The number of fused-ring (bicyclic) bond motifs is 1. The summed E-state index contributed by atoms with van der Waals surface area (Å²) in [6, 6.07) is 47.0. The second kappa shape index (κ2) is 15.0. The molecule has 4 nitrogen and oxygen atoms in total. The molecule has 8 rings (SSSR count). The maximum Gasteiger partial charge on any atom is 0.149 e. The van der Waals surface area contributed by atoms with Crippen molar-refractivity contribution in [3.8, 4) is 67.5 Å². The summed E-state index contributed by atoms with van der Waals surface area (Å²) in [7, 11) is 0. The summed E-state index contributed by atoms with van der Waals surface area (Å²) in [4.78, 5) is 10.4. The zero-order chi connectivity index (χ0) is 40.9. The summed E-state index contributed by atoms with van der Waals surface area (Å²) >= 11 is 0. The molecule has 284 valence electrons. The summed E-state index contributed by atoms with van der Waals surface area (Å²) in [6.45, 7) is 16.8. The molecule has 0 aliphatic heterocycles. The lowest BCUT2D eigenvalue weighted by molar-refractivity contribution is 0.472. The molecule has 57 heavy (non-hydrogen) atoms. The standard InChI is InChI=1S/C53H51N3O/c1-9-36-31-44(22-23-45(36)39-14-11-10-12-15-39)56-49-17-13-16-46(50(49)55-52(56)47-27-34(4)26-35(5)51(47)57)41-28-42(30-43(29-41)53(6,7)8)48-32-40(24-25-54-48)38-20-18-37(19-21-38)33(2)3/h10-33,57H,9H2,1-8H3/i33D. The molecular formula is C53H51N3O. The summed E-state index contributed by atoms with van der Waals surface area (Å²) in [5, 5.41) is 11.6. The van der Waals surface area contributed by atoms with Crippen LogP contribution in [-0.4, -0.2) is 19.6 Å². The number of aromatic hydroxyl groups is 1. The summed E-state index contributed by atoms with van der Waals surface area (Å²) in [5.74, 6) is 0.278. The SMILES string of the molecule is [2H]C(C)(C)c1ccc(-c2ccnc(-c3cc(-c4cccc5c4nc(-c4cc(C)cc(C)c4O)n5-c4ccc(-c5ccccc5)c(CC)c4)cc(C(C)(C)C)c3)c2)cc1. The van der Waals surface area contributed by atoms with E-state index in [0.717, 1.165) is 73.3 Å². The summed E-state index contributed by atoms with van der Waals surface area (Å²) < 4.78 is 10.7. The summed E-state index contributed by atoms with van der Waals surface area (Å²) in [5.41, 5.74) is 17.2. The number of nitrogens with zero attached hydrogens (tertiary/aromatic N) is 3. The van der Waals surface area contributed by atoms with Gasteiger partial charge in [-0.15, -0.1) is 0 Å². The molecule has 0 bridgehead atoms. The molecule has 6 aromatic carbocycles. The van der Waals surface area contributed by atoms with Crippen molar-refractivity contribution in [1.82, 2.24) is 14.5 Å². The lowest BCUT2D eigenvalue weighted by Gasteiger charge is -2.22. The lowest BCUT2D eigenvalue weighted by Crippen LogP contribution is -2.11. The van der Waals surface area contributed by atoms with Crippen LogP contribution in [0.1, 0.15) is 76.6 Å². The highest BCUT2D eigenvalue weighted by molar-refractivity contribution is 5.97. The van der Waals surface area contributed by atoms with Gasteiger partial charge in [0, 0.05) is 24.4 Å². The average Bonchev–Trinajstić information content (AvgIpc) is 3.61. The van der Waals surface area contributed by atoms with Crippen LogP contribution in [0, 0.1) is 13.8 Å². The van der Waals surface area contributed by atoms with Crippen LogP contribution >= 0.6 is 0 Å². The molecule has 0 aliphatic carbocycles. The van der Waals surface area contributed by atoms with Crippen molar-refractivity contribution in [3.63, 3.8) is 0 Å². The van der Waals surface area contributed by atoms with Crippen LogP contribution in [0.4, 0.5) is 0 Å². The molecule has 8 aromatic rings. The first-order valence-corrected chi connectivity index (χ1v) is 19.9. The van der Waals surface area contributed by atoms with Crippen LogP contribution in [0.5, 0.6) is 5.75 Å². The zero-order valence-electron chi connectivity index (χ0n) is 35.3. The van der Waals surface area contributed by atoms with E-state index < -0.39 is 5.89 Å². The van der Waals surface area contributed by atoms with Crippen LogP contribution in [-0.2, 0) is 11.8 Å². The van der Waals surface area contributed by atoms with Gasteiger partial charge in [-0.3, -0.25) is 9.55 Å². The fraction of sp³-hybridized carbons (Fsp3) is 0.208. The molecule has 0 amide bonds. The van der Waals surface area contributed by atoms with E-state index in [2.05, 4.69) is 142 Å². The Kier molecular flexibility index (Phi) is 9.58. The van der Waals surface area contributed by atoms with E-state index in [9.17, 15) is 5.11 Å². The van der Waals surface area contributed by atoms with Crippen LogP contribution in [0.3, 0.4) is 0 Å². The minimum absolute atomic E-state index is 0.137. The van der Waals surface area contributed by atoms with Crippen LogP contribution in [0.15, 0.2) is 140 Å². The number of hydrogen-bond acceptors (Lipinski definition) is 3. The number of phenols is 1. The van der Waals surface area contributed by atoms with Crippen LogP contribution in [0.2, 0.25) is 0 Å². The number of phenolic OH excluding ortho intramolecular Hbond substituents is 1. The molecule has 2 aromatic heterocycles. The highest BCUT2D eigenvalue weighted by Crippen LogP contribution is 2.41. The van der Waals surface area contributed by atoms with Gasteiger partial charge in [-0.1, -0.05) is 126 Å². The fourth-order valence-corrected chi connectivity index (χ4v) is 7.94. The monoisotopic (exact) mass is 746 g/mol. The number of imidazole rings is 1. The van der Waals surface area contributed by atoms with Crippen molar-refractivity contribution < 1.29 is 6.48 Å². The largest absolute Gasteiger partial charge is 0.507 e. The molecule has 0 unspecified atom stereocenters. The molecule has 0 radical (unpaired) electrons. The Bertz CT molecular complexity index is 2800. The average molecular weight is 747 g/mol. The molecule has 0 fully saturated rings. The van der Waals surface area contributed by atoms with Gasteiger partial charge in [0.25, 0.3) is 0 Å². The second-order valence-corrected chi connectivity index (χ2v) is 16.5. The molecular weight excluding hydrogens is 695 g/mol. The Hall–Kier alpha value is -6.26. The normalized spacial score (nSPS) is 12.2. The van der Waals surface area contributed by atoms with Crippen molar-refractivity contribution in [3.05, 3.63) is 167 Å². The fourth-order valence-electron chi connectivity index (χ4n) is 7.94.